The number of rotatable bonds is 8. The first-order valence-electron chi connectivity index (χ1n) is 15.8. The van der Waals surface area contributed by atoms with Crippen LogP contribution in [0.2, 0.25) is 0 Å². The molecule has 14 nitrogen and oxygen atoms in total. The second-order valence-electron chi connectivity index (χ2n) is 15.9. The molecule has 0 saturated carbocycles. The van der Waals surface area contributed by atoms with Gasteiger partial charge in [0.25, 0.3) is 0 Å². The van der Waals surface area contributed by atoms with Gasteiger partial charge in [-0.05, 0) is 29.1 Å². The number of aliphatic hydroxyl groups excluding tert-OH is 10. The molecule has 0 aromatic carbocycles. The van der Waals surface area contributed by atoms with E-state index in [2.05, 4.69) is 0 Å². The van der Waals surface area contributed by atoms with Crippen molar-refractivity contribution >= 4 is 0 Å². The summed E-state index contributed by atoms with van der Waals surface area (Å²) in [5, 5.41) is 94.8. The molecule has 10 N–H and O–H groups in total. The van der Waals surface area contributed by atoms with Crippen LogP contribution in [0, 0.1) is 22.2 Å². The van der Waals surface area contributed by atoms with Crippen LogP contribution in [0.3, 0.4) is 0 Å². The number of hydrogen-bond donors (Lipinski definition) is 10. The summed E-state index contributed by atoms with van der Waals surface area (Å²) in [7, 11) is 2.94. The molecule has 2 heterocycles. The van der Waals surface area contributed by atoms with Crippen molar-refractivity contribution in [3.8, 4) is 0 Å². The standard InChI is InChI=1S/C11H22O5.C11H22O4.C10H22O5/c1-11(2,3)5-6-7(12)8(13)9(14)10(15-4)16-6;1-6-7(12)8(13)9(11(2,3)4)15-10(6)14-5;1-10(2,3)4-6(12)8(14)9(15)7(13)5-11/h6-10,12-14H,5H2,1-4H3;6-10,12-13H,1-5H3;6-9,11-15H,4-5H2,1-3H3. The first-order chi connectivity index (χ1) is 20.7. The van der Waals surface area contributed by atoms with Gasteiger partial charge < -0.3 is 70.0 Å². The smallest absolute Gasteiger partial charge is 0.186 e. The van der Waals surface area contributed by atoms with Crippen LogP contribution in [0.4, 0.5) is 0 Å². The SMILES string of the molecule is CC(C)(C)CC(O)C(O)C(O)C(O)CO.COC1OC(C(C)(C)C)C(O)C(O)C1C.COC1OC(CC(C)(C)C)C(O)C(O)C1O. The van der Waals surface area contributed by atoms with Gasteiger partial charge in [-0.1, -0.05) is 69.2 Å². The number of aliphatic hydroxyl groups is 10. The van der Waals surface area contributed by atoms with Gasteiger partial charge in [-0.15, -0.1) is 0 Å². The van der Waals surface area contributed by atoms with Gasteiger partial charge in [0.2, 0.25) is 0 Å². The Kier molecular flexibility index (Phi) is 18.8. The van der Waals surface area contributed by atoms with Gasteiger partial charge >= 0.3 is 0 Å². The first kappa shape index (κ1) is 45.4. The highest BCUT2D eigenvalue weighted by Gasteiger charge is 2.47. The minimum Gasteiger partial charge on any atom is -0.394 e. The molecule has 278 valence electrons. The van der Waals surface area contributed by atoms with Crippen LogP contribution in [0.1, 0.15) is 82.1 Å². The third kappa shape index (κ3) is 14.5. The average molecular weight is 675 g/mol. The molecular formula is C32H66O14. The molecule has 14 heteroatoms. The Bertz CT molecular complexity index is 816. The summed E-state index contributed by atoms with van der Waals surface area (Å²) >= 11 is 0. The maximum absolute atomic E-state index is 9.93. The third-order valence-electron chi connectivity index (χ3n) is 7.86. The molecule has 2 rings (SSSR count). The van der Waals surface area contributed by atoms with Crippen molar-refractivity contribution < 1.29 is 70.0 Å². The highest BCUT2D eigenvalue weighted by atomic mass is 16.7. The van der Waals surface area contributed by atoms with Crippen LogP contribution in [0.15, 0.2) is 0 Å². The highest BCUT2D eigenvalue weighted by Crippen LogP contribution is 2.35. The van der Waals surface area contributed by atoms with Crippen LogP contribution in [-0.4, -0.2) is 152 Å². The normalized spacial score (nSPS) is 35.1. The zero-order chi connectivity index (χ0) is 36.5. The molecule has 14 unspecified atom stereocenters. The van der Waals surface area contributed by atoms with Gasteiger partial charge in [-0.2, -0.15) is 0 Å². The zero-order valence-corrected chi connectivity index (χ0v) is 29.8. The second-order valence-corrected chi connectivity index (χ2v) is 15.9. The van der Waals surface area contributed by atoms with Crippen molar-refractivity contribution in [2.45, 2.75) is 162 Å². The maximum atomic E-state index is 9.93. The van der Waals surface area contributed by atoms with E-state index in [1.807, 2.05) is 62.3 Å². The Hall–Kier alpha value is -0.560. The van der Waals surface area contributed by atoms with Gasteiger partial charge in [0.05, 0.1) is 31.0 Å². The van der Waals surface area contributed by atoms with Crippen molar-refractivity contribution in [3.63, 3.8) is 0 Å². The van der Waals surface area contributed by atoms with Gasteiger partial charge in [0, 0.05) is 20.1 Å². The van der Waals surface area contributed by atoms with E-state index >= 15 is 0 Å². The quantitative estimate of drug-likeness (QED) is 0.156. The minimum absolute atomic E-state index is 0.0358. The Balaban J connectivity index is 0.000000661. The van der Waals surface area contributed by atoms with Crippen LogP contribution < -0.4 is 0 Å². The van der Waals surface area contributed by atoms with E-state index in [0.717, 1.165) is 0 Å². The minimum atomic E-state index is -1.53. The molecule has 0 bridgehead atoms. The zero-order valence-electron chi connectivity index (χ0n) is 29.8. The van der Waals surface area contributed by atoms with Crippen LogP contribution in [0.5, 0.6) is 0 Å². The molecule has 0 aromatic rings. The Morgan fingerprint density at radius 3 is 1.48 bits per heavy atom. The molecule has 46 heavy (non-hydrogen) atoms. The second kappa shape index (κ2) is 19.0. The molecule has 2 saturated heterocycles. The number of hydrogen-bond acceptors (Lipinski definition) is 14. The summed E-state index contributed by atoms with van der Waals surface area (Å²) in [6.07, 6.45) is -12.1. The largest absolute Gasteiger partial charge is 0.394 e. The first-order valence-corrected chi connectivity index (χ1v) is 15.8. The highest BCUT2D eigenvalue weighted by molar-refractivity contribution is 4.93. The van der Waals surface area contributed by atoms with Gasteiger partial charge in [0.15, 0.2) is 12.6 Å². The molecule has 14 atom stereocenters. The van der Waals surface area contributed by atoms with Crippen molar-refractivity contribution in [2.75, 3.05) is 20.8 Å². The summed E-state index contributed by atoms with van der Waals surface area (Å²) in [6, 6.07) is 0. The van der Waals surface area contributed by atoms with Gasteiger partial charge in [0.1, 0.15) is 42.7 Å². The van der Waals surface area contributed by atoms with E-state index in [-0.39, 0.29) is 22.2 Å². The van der Waals surface area contributed by atoms with E-state index in [0.29, 0.717) is 12.8 Å². The molecule has 0 aliphatic carbocycles. The van der Waals surface area contributed by atoms with E-state index in [1.165, 1.54) is 7.11 Å². The molecule has 0 amide bonds. The summed E-state index contributed by atoms with van der Waals surface area (Å²) in [4.78, 5) is 0. The lowest BCUT2D eigenvalue weighted by Gasteiger charge is -2.45. The molecule has 2 fully saturated rings. The maximum Gasteiger partial charge on any atom is 0.186 e. The molecule has 2 aliphatic rings. The van der Waals surface area contributed by atoms with Crippen molar-refractivity contribution in [1.82, 2.24) is 0 Å². The van der Waals surface area contributed by atoms with Gasteiger partial charge in [-0.3, -0.25) is 0 Å². The monoisotopic (exact) mass is 674 g/mol. The summed E-state index contributed by atoms with van der Waals surface area (Å²) < 4.78 is 21.2. The fraction of sp³-hybridized carbons (Fsp3) is 1.00. The van der Waals surface area contributed by atoms with Crippen LogP contribution in [-0.2, 0) is 18.9 Å². The Morgan fingerprint density at radius 2 is 1.09 bits per heavy atom. The lowest BCUT2D eigenvalue weighted by molar-refractivity contribution is -0.293. The predicted octanol–water partition coefficient (Wildman–Crippen LogP) is -0.503. The lowest BCUT2D eigenvalue weighted by atomic mass is 9.79. The fourth-order valence-electron chi connectivity index (χ4n) is 5.18. The fourth-order valence-corrected chi connectivity index (χ4v) is 5.18. The average Bonchev–Trinajstić information content (AvgIpc) is 2.93. The van der Waals surface area contributed by atoms with Crippen molar-refractivity contribution in [1.29, 1.82) is 0 Å². The van der Waals surface area contributed by atoms with E-state index < -0.39 is 86.3 Å². The van der Waals surface area contributed by atoms with E-state index in [4.69, 9.17) is 29.2 Å². The summed E-state index contributed by atoms with van der Waals surface area (Å²) in [5.74, 6) is -0.219. The van der Waals surface area contributed by atoms with E-state index in [9.17, 15) is 40.9 Å². The molecule has 0 aromatic heterocycles. The summed E-state index contributed by atoms with van der Waals surface area (Å²) in [6.45, 7) is 18.8. The molecule has 0 radical (unpaired) electrons. The predicted molar refractivity (Wildman–Crippen MR) is 169 cm³/mol. The van der Waals surface area contributed by atoms with E-state index in [1.54, 1.807) is 14.0 Å². The number of methoxy groups -OCH3 is 2. The third-order valence-corrected chi connectivity index (χ3v) is 7.86. The molecule has 2 aliphatic heterocycles. The van der Waals surface area contributed by atoms with Crippen LogP contribution in [0.25, 0.3) is 0 Å². The van der Waals surface area contributed by atoms with Crippen molar-refractivity contribution in [3.05, 3.63) is 0 Å². The van der Waals surface area contributed by atoms with Gasteiger partial charge in [-0.25, -0.2) is 0 Å². The number of ether oxygens (including phenoxy) is 4. The molecular weight excluding hydrogens is 608 g/mol. The Labute approximate surface area is 274 Å². The topological polar surface area (TPSA) is 239 Å². The van der Waals surface area contributed by atoms with Crippen molar-refractivity contribution in [2.24, 2.45) is 22.2 Å². The lowest BCUT2D eigenvalue weighted by Crippen LogP contribution is -2.58. The summed E-state index contributed by atoms with van der Waals surface area (Å²) in [5.41, 5.74) is -0.451. The van der Waals surface area contributed by atoms with Crippen LogP contribution >= 0.6 is 0 Å². The Morgan fingerprint density at radius 1 is 0.609 bits per heavy atom. The molecule has 0 spiro atoms.